The highest BCUT2D eigenvalue weighted by molar-refractivity contribution is 7.88. The van der Waals surface area contributed by atoms with E-state index in [2.05, 4.69) is 4.98 Å². The van der Waals surface area contributed by atoms with Gasteiger partial charge in [0.05, 0.1) is 12.6 Å². The first-order valence-electron chi connectivity index (χ1n) is 6.32. The number of aromatic nitrogens is 2. The number of imidazole rings is 1. The number of aryl methyl sites for hydroxylation is 1. The van der Waals surface area contributed by atoms with Crippen LogP contribution in [-0.2, 0) is 17.1 Å². The van der Waals surface area contributed by atoms with Crippen molar-refractivity contribution >= 4 is 15.8 Å². The maximum Gasteiger partial charge on any atom is 0.211 e. The van der Waals surface area contributed by atoms with Gasteiger partial charge < -0.3 is 4.57 Å². The second kappa shape index (κ2) is 5.42. The van der Waals surface area contributed by atoms with Gasteiger partial charge in [0.15, 0.2) is 5.78 Å². The molecule has 1 unspecified atom stereocenters. The number of carbonyl (C=O) groups is 1. The molecular weight excluding hydrogens is 266 g/mol. The molecule has 0 radical (unpaired) electrons. The zero-order valence-electron chi connectivity index (χ0n) is 11.2. The fourth-order valence-electron chi connectivity index (χ4n) is 2.42. The van der Waals surface area contributed by atoms with Crippen molar-refractivity contribution in [3.8, 4) is 0 Å². The molecule has 0 aromatic carbocycles. The summed E-state index contributed by atoms with van der Waals surface area (Å²) in [5, 5.41) is 0. The number of rotatable bonds is 4. The van der Waals surface area contributed by atoms with Crippen molar-refractivity contribution in [3.05, 3.63) is 18.2 Å². The molecule has 0 amide bonds. The van der Waals surface area contributed by atoms with Crippen molar-refractivity contribution in [2.24, 2.45) is 13.0 Å². The number of Topliss-reactive ketones (excluding diaryl/α,β-unsaturated/α-hetero) is 1. The fourth-order valence-corrected chi connectivity index (χ4v) is 3.36. The Morgan fingerprint density at radius 3 is 2.84 bits per heavy atom. The van der Waals surface area contributed by atoms with Crippen LogP contribution in [0, 0.1) is 5.92 Å². The van der Waals surface area contributed by atoms with Crippen LogP contribution in [0.2, 0.25) is 0 Å². The van der Waals surface area contributed by atoms with Crippen LogP contribution < -0.4 is 0 Å². The van der Waals surface area contributed by atoms with Crippen molar-refractivity contribution < 1.29 is 13.2 Å². The van der Waals surface area contributed by atoms with Gasteiger partial charge in [0.25, 0.3) is 0 Å². The summed E-state index contributed by atoms with van der Waals surface area (Å²) in [5.41, 5.74) is 0.457. The fraction of sp³-hybridized carbons (Fsp3) is 0.667. The number of sulfonamides is 1. The SMILES string of the molecule is Cn1cnc(C(=O)CC2CCCN(S(C)(=O)=O)C2)c1. The molecule has 2 heterocycles. The molecule has 1 aliphatic rings. The van der Waals surface area contributed by atoms with Crippen LogP contribution in [0.5, 0.6) is 0 Å². The zero-order chi connectivity index (χ0) is 14.0. The van der Waals surface area contributed by atoms with E-state index in [0.717, 1.165) is 12.8 Å². The van der Waals surface area contributed by atoms with Crippen molar-refractivity contribution in [2.75, 3.05) is 19.3 Å². The summed E-state index contributed by atoms with van der Waals surface area (Å²) in [4.78, 5) is 16.1. The maximum absolute atomic E-state index is 12.0. The number of nitrogens with zero attached hydrogens (tertiary/aromatic N) is 3. The lowest BCUT2D eigenvalue weighted by molar-refractivity contribution is 0.0938. The predicted octanol–water partition coefficient (Wildman–Crippen LogP) is 0.664. The summed E-state index contributed by atoms with van der Waals surface area (Å²) in [5.74, 6) is 0.0823. The van der Waals surface area contributed by atoms with Crippen LogP contribution in [0.3, 0.4) is 0 Å². The number of piperidine rings is 1. The molecule has 106 valence electrons. The van der Waals surface area contributed by atoms with Gasteiger partial charge >= 0.3 is 0 Å². The molecule has 0 N–H and O–H groups in total. The quantitative estimate of drug-likeness (QED) is 0.762. The predicted molar refractivity (Wildman–Crippen MR) is 71.3 cm³/mol. The van der Waals surface area contributed by atoms with Gasteiger partial charge in [-0.3, -0.25) is 4.79 Å². The highest BCUT2D eigenvalue weighted by Gasteiger charge is 2.27. The van der Waals surface area contributed by atoms with E-state index in [-0.39, 0.29) is 11.7 Å². The van der Waals surface area contributed by atoms with Gasteiger partial charge in [0, 0.05) is 32.8 Å². The molecule has 1 atom stereocenters. The van der Waals surface area contributed by atoms with Gasteiger partial charge in [0.1, 0.15) is 5.69 Å². The molecule has 1 aliphatic heterocycles. The minimum atomic E-state index is -3.15. The molecule has 1 aromatic heterocycles. The van der Waals surface area contributed by atoms with Crippen LogP contribution in [0.25, 0.3) is 0 Å². The molecule has 1 aromatic rings. The van der Waals surface area contributed by atoms with Gasteiger partial charge in [-0.1, -0.05) is 0 Å². The summed E-state index contributed by atoms with van der Waals surface area (Å²) in [6, 6.07) is 0. The Morgan fingerprint density at radius 1 is 1.53 bits per heavy atom. The highest BCUT2D eigenvalue weighted by Crippen LogP contribution is 2.22. The number of carbonyl (C=O) groups excluding carboxylic acids is 1. The van der Waals surface area contributed by atoms with E-state index in [9.17, 15) is 13.2 Å². The molecule has 7 heteroatoms. The third kappa shape index (κ3) is 3.63. The molecule has 0 bridgehead atoms. The Labute approximate surface area is 113 Å². The van der Waals surface area contributed by atoms with E-state index in [1.807, 2.05) is 7.05 Å². The van der Waals surface area contributed by atoms with E-state index in [1.165, 1.54) is 10.6 Å². The molecule has 0 saturated carbocycles. The van der Waals surface area contributed by atoms with Gasteiger partial charge in [0.2, 0.25) is 10.0 Å². The summed E-state index contributed by atoms with van der Waals surface area (Å²) >= 11 is 0. The molecule has 0 spiro atoms. The van der Waals surface area contributed by atoms with Crippen molar-refractivity contribution in [3.63, 3.8) is 0 Å². The molecule has 19 heavy (non-hydrogen) atoms. The first-order valence-corrected chi connectivity index (χ1v) is 8.17. The smallest absolute Gasteiger partial charge is 0.211 e. The van der Waals surface area contributed by atoms with Crippen LogP contribution in [0.15, 0.2) is 12.5 Å². The van der Waals surface area contributed by atoms with Crippen LogP contribution in [-0.4, -0.2) is 47.4 Å². The van der Waals surface area contributed by atoms with Gasteiger partial charge in [-0.05, 0) is 18.8 Å². The summed E-state index contributed by atoms with van der Waals surface area (Å²) in [6.07, 6.45) is 6.58. The Balaban J connectivity index is 1.98. The monoisotopic (exact) mass is 285 g/mol. The van der Waals surface area contributed by atoms with E-state index in [1.54, 1.807) is 17.1 Å². The van der Waals surface area contributed by atoms with Gasteiger partial charge in [-0.15, -0.1) is 0 Å². The lowest BCUT2D eigenvalue weighted by Gasteiger charge is -2.30. The van der Waals surface area contributed by atoms with Crippen LogP contribution >= 0.6 is 0 Å². The van der Waals surface area contributed by atoms with Gasteiger partial charge in [-0.2, -0.15) is 0 Å². The van der Waals surface area contributed by atoms with E-state index in [0.29, 0.717) is 25.2 Å². The first kappa shape index (κ1) is 14.2. The van der Waals surface area contributed by atoms with Crippen molar-refractivity contribution in [1.82, 2.24) is 13.9 Å². The molecule has 6 nitrogen and oxygen atoms in total. The number of hydrogen-bond donors (Lipinski definition) is 0. The average molecular weight is 285 g/mol. The van der Waals surface area contributed by atoms with Crippen LogP contribution in [0.1, 0.15) is 29.8 Å². The third-order valence-electron chi connectivity index (χ3n) is 3.42. The average Bonchev–Trinajstić information content (AvgIpc) is 2.75. The third-order valence-corrected chi connectivity index (χ3v) is 4.69. The Hall–Kier alpha value is -1.21. The van der Waals surface area contributed by atoms with Gasteiger partial charge in [-0.25, -0.2) is 17.7 Å². The van der Waals surface area contributed by atoms with Crippen molar-refractivity contribution in [2.45, 2.75) is 19.3 Å². The lowest BCUT2D eigenvalue weighted by Crippen LogP contribution is -2.39. The lowest BCUT2D eigenvalue weighted by atomic mass is 9.93. The van der Waals surface area contributed by atoms with E-state index < -0.39 is 10.0 Å². The standard InChI is InChI=1S/C12H19N3O3S/c1-14-8-11(13-9-14)12(16)6-10-4-3-5-15(7-10)19(2,17)18/h8-10H,3-7H2,1-2H3. The summed E-state index contributed by atoms with van der Waals surface area (Å²) in [6.45, 7) is 1.00. The molecular formula is C12H19N3O3S. The van der Waals surface area contributed by atoms with Crippen LogP contribution in [0.4, 0.5) is 0 Å². The maximum atomic E-state index is 12.0. The normalized spacial score (nSPS) is 21.5. The molecule has 1 saturated heterocycles. The first-order chi connectivity index (χ1) is 8.86. The van der Waals surface area contributed by atoms with Crippen molar-refractivity contribution in [1.29, 1.82) is 0 Å². The zero-order valence-corrected chi connectivity index (χ0v) is 12.1. The highest BCUT2D eigenvalue weighted by atomic mass is 32.2. The Morgan fingerprint density at radius 2 is 2.26 bits per heavy atom. The van der Waals surface area contributed by atoms with E-state index in [4.69, 9.17) is 0 Å². The summed E-state index contributed by atoms with van der Waals surface area (Å²) in [7, 11) is -1.34. The molecule has 0 aliphatic carbocycles. The number of ketones is 1. The Bertz CT molecular complexity index is 565. The topological polar surface area (TPSA) is 72.3 Å². The largest absolute Gasteiger partial charge is 0.340 e. The number of hydrogen-bond acceptors (Lipinski definition) is 4. The second-order valence-corrected chi connectivity index (χ2v) is 7.16. The molecule has 2 rings (SSSR count). The summed E-state index contributed by atoms with van der Waals surface area (Å²) < 4.78 is 26.2. The molecule has 1 fully saturated rings. The second-order valence-electron chi connectivity index (χ2n) is 5.18. The minimum absolute atomic E-state index is 0.0130. The Kier molecular flexibility index (Phi) is 4.05. The minimum Gasteiger partial charge on any atom is -0.340 e. The van der Waals surface area contributed by atoms with E-state index >= 15 is 0 Å².